The number of benzene rings is 1. The molecule has 64 valence electrons. The summed E-state index contributed by atoms with van der Waals surface area (Å²) in [7, 11) is 2.00. The molecule has 5 heteroatoms. The first-order valence-electron chi connectivity index (χ1n) is 2.97. The van der Waals surface area contributed by atoms with Gasteiger partial charge in [-0.2, -0.15) is 0 Å². The molecule has 1 rings (SSSR count). The van der Waals surface area contributed by atoms with Crippen LogP contribution in [0.4, 0.5) is 0 Å². The molecule has 0 aromatic heterocycles. The maximum atomic E-state index is 11.0. The molecular weight excluding hydrogens is 237 g/mol. The Morgan fingerprint density at radius 1 is 1.17 bits per heavy atom. The van der Waals surface area contributed by atoms with Crippen molar-refractivity contribution in [2.24, 2.45) is 0 Å². The van der Waals surface area contributed by atoms with Crippen molar-refractivity contribution in [3.05, 3.63) is 32.8 Å². The van der Waals surface area contributed by atoms with Crippen molar-refractivity contribution in [2.75, 3.05) is 0 Å². The van der Waals surface area contributed by atoms with E-state index in [1.165, 1.54) is 6.07 Å². The second-order valence-electron chi connectivity index (χ2n) is 2.08. The van der Waals surface area contributed by atoms with Crippen molar-refractivity contribution in [3.63, 3.8) is 0 Å². The molecule has 0 saturated carbocycles. The van der Waals surface area contributed by atoms with E-state index >= 15 is 0 Å². The second kappa shape index (κ2) is 3.93. The minimum atomic E-state index is -0.271. The Bertz CT molecular complexity index is 338. The van der Waals surface area contributed by atoms with Crippen molar-refractivity contribution in [2.45, 2.75) is 0 Å². The van der Waals surface area contributed by atoms with E-state index in [0.717, 1.165) is 0 Å². The number of halogens is 3. The van der Waals surface area contributed by atoms with Crippen LogP contribution in [0.3, 0.4) is 0 Å². The van der Waals surface area contributed by atoms with Gasteiger partial charge in [0.05, 0.1) is 20.6 Å². The van der Waals surface area contributed by atoms with Gasteiger partial charge in [-0.25, -0.2) is 0 Å². The molecule has 12 heavy (non-hydrogen) atoms. The topological polar surface area (TPSA) is 17.1 Å². The first kappa shape index (κ1) is 10.3. The average Bonchev–Trinajstić information content (AvgIpc) is 1.97. The molecule has 0 amide bonds. The van der Waals surface area contributed by atoms with Gasteiger partial charge in [-0.15, -0.1) is 0 Å². The summed E-state index contributed by atoms with van der Waals surface area (Å²) in [6.45, 7) is 0. The zero-order valence-corrected chi connectivity index (χ0v) is 9.20. The van der Waals surface area contributed by atoms with Gasteiger partial charge in [0.1, 0.15) is 0 Å². The van der Waals surface area contributed by atoms with E-state index in [-0.39, 0.29) is 16.1 Å². The SMILES string of the molecule is O=C(P)c1c(Cl)ccc(Cl)c1Cl. The molecule has 0 N–H and O–H groups in total. The minimum Gasteiger partial charge on any atom is -0.290 e. The molecule has 0 spiro atoms. The highest BCUT2D eigenvalue weighted by atomic mass is 35.5. The largest absolute Gasteiger partial charge is 0.290 e. The van der Waals surface area contributed by atoms with Crippen LogP contribution >= 0.6 is 44.0 Å². The van der Waals surface area contributed by atoms with Gasteiger partial charge in [-0.05, 0) is 12.1 Å². The molecule has 1 atom stereocenters. The zero-order valence-electron chi connectivity index (χ0n) is 5.77. The van der Waals surface area contributed by atoms with Crippen molar-refractivity contribution in [1.82, 2.24) is 0 Å². The molecule has 0 bridgehead atoms. The second-order valence-corrected chi connectivity index (χ2v) is 3.80. The molecule has 0 heterocycles. The van der Waals surface area contributed by atoms with Crippen LogP contribution in [0, 0.1) is 0 Å². The third kappa shape index (κ3) is 1.92. The van der Waals surface area contributed by atoms with Crippen LogP contribution in [-0.4, -0.2) is 5.52 Å². The van der Waals surface area contributed by atoms with Gasteiger partial charge in [0, 0.05) is 0 Å². The predicted octanol–water partition coefficient (Wildman–Crippen LogP) is 3.66. The Morgan fingerprint density at radius 2 is 1.67 bits per heavy atom. The van der Waals surface area contributed by atoms with Gasteiger partial charge in [-0.3, -0.25) is 4.79 Å². The van der Waals surface area contributed by atoms with E-state index in [9.17, 15) is 4.79 Å². The van der Waals surface area contributed by atoms with Gasteiger partial charge in [0.2, 0.25) is 0 Å². The highest BCUT2D eigenvalue weighted by Gasteiger charge is 2.12. The van der Waals surface area contributed by atoms with E-state index in [1.54, 1.807) is 6.07 Å². The monoisotopic (exact) mass is 240 g/mol. The van der Waals surface area contributed by atoms with Crippen molar-refractivity contribution in [1.29, 1.82) is 0 Å². The highest BCUT2D eigenvalue weighted by Crippen LogP contribution is 2.32. The number of hydrogen-bond donors (Lipinski definition) is 0. The summed E-state index contributed by atoms with van der Waals surface area (Å²) in [6, 6.07) is 3.08. The summed E-state index contributed by atoms with van der Waals surface area (Å²) in [4.78, 5) is 11.0. The summed E-state index contributed by atoms with van der Waals surface area (Å²) in [5.41, 5.74) is -0.0247. The summed E-state index contributed by atoms with van der Waals surface area (Å²) in [5.74, 6) is 0. The fourth-order valence-corrected chi connectivity index (χ4v) is 1.95. The lowest BCUT2D eigenvalue weighted by Crippen LogP contribution is -1.91. The van der Waals surface area contributed by atoms with Gasteiger partial charge >= 0.3 is 0 Å². The Morgan fingerprint density at radius 3 is 2.08 bits per heavy atom. The number of hydrogen-bond acceptors (Lipinski definition) is 1. The molecule has 1 aromatic rings. The first-order valence-corrected chi connectivity index (χ1v) is 4.68. The van der Waals surface area contributed by atoms with Crippen LogP contribution in [0.1, 0.15) is 10.4 Å². The molecule has 1 nitrogen and oxygen atoms in total. The van der Waals surface area contributed by atoms with Gasteiger partial charge < -0.3 is 0 Å². The molecule has 0 radical (unpaired) electrons. The summed E-state index contributed by atoms with van der Waals surface area (Å²) >= 11 is 17.1. The number of carbonyl (C=O) groups excluding carboxylic acids is 1. The summed E-state index contributed by atoms with van der Waals surface area (Å²) in [5, 5.41) is 0.834. The number of carbonyl (C=O) groups is 1. The lowest BCUT2D eigenvalue weighted by atomic mass is 10.2. The summed E-state index contributed by atoms with van der Waals surface area (Å²) < 4.78 is 0. The molecule has 0 saturated heterocycles. The summed E-state index contributed by atoms with van der Waals surface area (Å²) in [6.07, 6.45) is 0. The quantitative estimate of drug-likeness (QED) is 0.542. The van der Waals surface area contributed by atoms with E-state index < -0.39 is 0 Å². The van der Waals surface area contributed by atoms with Crippen LogP contribution in [0.15, 0.2) is 12.1 Å². The van der Waals surface area contributed by atoms with E-state index in [2.05, 4.69) is 0 Å². The maximum Gasteiger partial charge on any atom is 0.181 e. The van der Waals surface area contributed by atoms with Gasteiger partial charge in [0.15, 0.2) is 5.52 Å². The van der Waals surface area contributed by atoms with Crippen molar-refractivity contribution in [3.8, 4) is 0 Å². The third-order valence-electron chi connectivity index (χ3n) is 1.29. The Labute approximate surface area is 87.2 Å². The normalized spacial score (nSPS) is 10.0. The average molecular weight is 241 g/mol. The fourth-order valence-electron chi connectivity index (χ4n) is 0.753. The molecule has 0 fully saturated rings. The first-order chi connectivity index (χ1) is 5.54. The molecule has 0 aliphatic heterocycles. The van der Waals surface area contributed by atoms with Crippen LogP contribution < -0.4 is 0 Å². The van der Waals surface area contributed by atoms with Crippen LogP contribution in [0.5, 0.6) is 0 Å². The van der Waals surface area contributed by atoms with E-state index in [4.69, 9.17) is 34.8 Å². The Hall–Kier alpha value is 0.190. The molecule has 1 aromatic carbocycles. The fraction of sp³-hybridized carbons (Fsp3) is 0. The Balaban J connectivity index is 3.43. The van der Waals surface area contributed by atoms with E-state index in [1.807, 2.05) is 9.24 Å². The molecule has 0 aliphatic carbocycles. The lowest BCUT2D eigenvalue weighted by molar-refractivity contribution is 0.108. The van der Waals surface area contributed by atoms with Gasteiger partial charge in [0.25, 0.3) is 0 Å². The van der Waals surface area contributed by atoms with Gasteiger partial charge in [-0.1, -0.05) is 44.0 Å². The van der Waals surface area contributed by atoms with Crippen molar-refractivity contribution < 1.29 is 4.79 Å². The van der Waals surface area contributed by atoms with Crippen LogP contribution in [0.2, 0.25) is 15.1 Å². The number of rotatable bonds is 1. The zero-order chi connectivity index (χ0) is 9.30. The third-order valence-corrected chi connectivity index (χ3v) is 2.70. The maximum absolute atomic E-state index is 11.0. The van der Waals surface area contributed by atoms with Crippen LogP contribution in [-0.2, 0) is 0 Å². The highest BCUT2D eigenvalue weighted by molar-refractivity contribution is 7.41. The molecule has 1 unspecified atom stereocenters. The molecule has 0 aliphatic rings. The lowest BCUT2D eigenvalue weighted by Gasteiger charge is -2.03. The van der Waals surface area contributed by atoms with Crippen LogP contribution in [0.25, 0.3) is 0 Å². The van der Waals surface area contributed by atoms with E-state index in [0.29, 0.717) is 10.0 Å². The molecular formula is C7H4Cl3OP. The van der Waals surface area contributed by atoms with Crippen molar-refractivity contribution >= 4 is 49.6 Å². The Kier molecular flexibility index (Phi) is 3.37. The predicted molar refractivity (Wildman–Crippen MR) is 55.5 cm³/mol. The standard InChI is InChI=1S/C7H4Cl3OP/c8-3-1-2-4(9)6(10)5(3)7(11)12/h1-2H,12H2. The minimum absolute atomic E-state index is 0.198. The smallest absolute Gasteiger partial charge is 0.181 e.